The summed E-state index contributed by atoms with van der Waals surface area (Å²) in [6.45, 7) is 1.46. The summed E-state index contributed by atoms with van der Waals surface area (Å²) in [6, 6.07) is 8.86. The molecule has 0 spiro atoms. The Morgan fingerprint density at radius 1 is 1.29 bits per heavy atom. The van der Waals surface area contributed by atoms with Crippen molar-refractivity contribution < 1.29 is 12.8 Å². The lowest BCUT2D eigenvalue weighted by molar-refractivity contribution is 0.589. The van der Waals surface area contributed by atoms with Crippen molar-refractivity contribution in [2.24, 2.45) is 5.73 Å². The van der Waals surface area contributed by atoms with Gasteiger partial charge in [-0.15, -0.1) is 0 Å². The lowest BCUT2D eigenvalue weighted by Crippen LogP contribution is -2.16. The van der Waals surface area contributed by atoms with Gasteiger partial charge in [-0.2, -0.15) is 0 Å². The number of hydrogen-bond acceptors (Lipinski definition) is 3. The van der Waals surface area contributed by atoms with Crippen LogP contribution in [-0.4, -0.2) is 8.42 Å². The molecule has 0 radical (unpaired) electrons. The molecule has 4 nitrogen and oxygen atoms in total. The van der Waals surface area contributed by atoms with E-state index >= 15 is 0 Å². The Morgan fingerprint density at radius 3 is 2.62 bits per heavy atom. The van der Waals surface area contributed by atoms with Crippen molar-refractivity contribution in [1.29, 1.82) is 0 Å². The van der Waals surface area contributed by atoms with Crippen molar-refractivity contribution in [3.05, 3.63) is 58.4 Å². The fourth-order valence-corrected chi connectivity index (χ4v) is 3.41. The Morgan fingerprint density at radius 2 is 2.00 bits per heavy atom. The van der Waals surface area contributed by atoms with Crippen molar-refractivity contribution in [1.82, 2.24) is 0 Å². The van der Waals surface area contributed by atoms with Gasteiger partial charge in [0.2, 0.25) is 0 Å². The van der Waals surface area contributed by atoms with E-state index in [2.05, 4.69) is 4.72 Å². The molecule has 112 valence electrons. The zero-order valence-corrected chi connectivity index (χ0v) is 12.8. The Kier molecular flexibility index (Phi) is 4.51. The van der Waals surface area contributed by atoms with E-state index in [0.29, 0.717) is 16.3 Å². The van der Waals surface area contributed by atoms with Crippen molar-refractivity contribution in [3.63, 3.8) is 0 Å². The number of nitrogens with one attached hydrogen (secondary N) is 1. The Labute approximate surface area is 127 Å². The zero-order chi connectivity index (χ0) is 15.6. The second-order valence-electron chi connectivity index (χ2n) is 4.52. The smallest absolute Gasteiger partial charge is 0.262 e. The average Bonchev–Trinajstić information content (AvgIpc) is 2.41. The molecule has 0 unspecified atom stereocenters. The summed E-state index contributed by atoms with van der Waals surface area (Å²) in [5.41, 5.74) is 6.21. The summed E-state index contributed by atoms with van der Waals surface area (Å²) in [4.78, 5) is -0.136. The van der Waals surface area contributed by atoms with E-state index in [-0.39, 0.29) is 17.0 Å². The predicted octanol–water partition coefficient (Wildman–Crippen LogP) is 3.05. The summed E-state index contributed by atoms with van der Waals surface area (Å²) >= 11 is 5.81. The van der Waals surface area contributed by atoms with E-state index in [1.807, 2.05) is 0 Å². The van der Waals surface area contributed by atoms with Gasteiger partial charge in [0.05, 0.1) is 10.6 Å². The van der Waals surface area contributed by atoms with Gasteiger partial charge in [-0.05, 0) is 42.8 Å². The van der Waals surface area contributed by atoms with E-state index < -0.39 is 15.8 Å². The molecule has 0 aliphatic heterocycles. The fourth-order valence-electron chi connectivity index (χ4n) is 1.87. The zero-order valence-electron chi connectivity index (χ0n) is 11.2. The Hall–Kier alpha value is -1.63. The Balaban J connectivity index is 2.47. The third-order valence-corrected chi connectivity index (χ3v) is 4.70. The van der Waals surface area contributed by atoms with Crippen LogP contribution in [0.25, 0.3) is 0 Å². The maximum atomic E-state index is 13.8. The Bertz CT molecular complexity index is 779. The molecule has 2 aromatic carbocycles. The van der Waals surface area contributed by atoms with Gasteiger partial charge in [-0.3, -0.25) is 4.72 Å². The third kappa shape index (κ3) is 3.53. The highest BCUT2D eigenvalue weighted by Gasteiger charge is 2.20. The van der Waals surface area contributed by atoms with Crippen LogP contribution >= 0.6 is 11.6 Å². The molecular weight excluding hydrogens is 315 g/mol. The molecule has 0 fully saturated rings. The first kappa shape index (κ1) is 15.8. The first-order valence-electron chi connectivity index (χ1n) is 6.11. The summed E-state index contributed by atoms with van der Waals surface area (Å²) in [5.74, 6) is -0.607. The van der Waals surface area contributed by atoms with Crippen molar-refractivity contribution in [3.8, 4) is 0 Å². The standard InChI is InChI=1S/C14H14ClFN2O2S/c1-9-13(16)5-10(8-17)6-14(9)21(19,20)18-12-4-2-3-11(15)7-12/h2-7,18H,8,17H2,1H3. The SMILES string of the molecule is Cc1c(F)cc(CN)cc1S(=O)(=O)Nc1cccc(Cl)c1. The highest BCUT2D eigenvalue weighted by molar-refractivity contribution is 7.92. The van der Waals surface area contributed by atoms with Gasteiger partial charge in [0.1, 0.15) is 5.82 Å². The number of halogens is 2. The largest absolute Gasteiger partial charge is 0.326 e. The number of hydrogen-bond donors (Lipinski definition) is 2. The molecule has 0 heterocycles. The van der Waals surface area contributed by atoms with Gasteiger partial charge in [-0.1, -0.05) is 17.7 Å². The van der Waals surface area contributed by atoms with E-state index in [4.69, 9.17) is 17.3 Å². The molecule has 0 atom stereocenters. The molecule has 0 aliphatic rings. The number of anilines is 1. The van der Waals surface area contributed by atoms with Crippen LogP contribution in [0.2, 0.25) is 5.02 Å². The average molecular weight is 329 g/mol. The van der Waals surface area contributed by atoms with E-state index in [1.165, 1.54) is 25.1 Å². The summed E-state index contributed by atoms with van der Waals surface area (Å²) in [6.07, 6.45) is 0. The maximum Gasteiger partial charge on any atom is 0.262 e. The van der Waals surface area contributed by atoms with Gasteiger partial charge in [0, 0.05) is 17.1 Å². The van der Waals surface area contributed by atoms with Crippen LogP contribution in [0.3, 0.4) is 0 Å². The van der Waals surface area contributed by atoms with Gasteiger partial charge in [0.15, 0.2) is 0 Å². The van der Waals surface area contributed by atoms with Crippen molar-refractivity contribution in [2.45, 2.75) is 18.4 Å². The van der Waals surface area contributed by atoms with Gasteiger partial charge in [-0.25, -0.2) is 12.8 Å². The van der Waals surface area contributed by atoms with Crippen LogP contribution in [0.1, 0.15) is 11.1 Å². The second-order valence-corrected chi connectivity index (χ2v) is 6.61. The first-order chi connectivity index (χ1) is 9.83. The molecule has 0 amide bonds. The van der Waals surface area contributed by atoms with Crippen LogP contribution in [0.4, 0.5) is 10.1 Å². The van der Waals surface area contributed by atoms with E-state index in [0.717, 1.165) is 0 Å². The lowest BCUT2D eigenvalue weighted by atomic mass is 10.1. The van der Waals surface area contributed by atoms with Crippen LogP contribution in [-0.2, 0) is 16.6 Å². The quantitative estimate of drug-likeness (QED) is 0.906. The molecule has 7 heteroatoms. The van der Waals surface area contributed by atoms with Crippen LogP contribution < -0.4 is 10.5 Å². The summed E-state index contributed by atoms with van der Waals surface area (Å²) in [5, 5.41) is 0.397. The second kappa shape index (κ2) is 6.01. The highest BCUT2D eigenvalue weighted by Crippen LogP contribution is 2.24. The number of nitrogens with two attached hydrogens (primary N) is 1. The van der Waals surface area contributed by atoms with Gasteiger partial charge < -0.3 is 5.73 Å². The molecule has 0 saturated heterocycles. The highest BCUT2D eigenvalue weighted by atomic mass is 35.5. The first-order valence-corrected chi connectivity index (χ1v) is 7.97. The van der Waals surface area contributed by atoms with Gasteiger partial charge in [0.25, 0.3) is 10.0 Å². The van der Waals surface area contributed by atoms with Crippen molar-refractivity contribution in [2.75, 3.05) is 4.72 Å². The minimum atomic E-state index is -3.92. The molecule has 3 N–H and O–H groups in total. The normalized spacial score (nSPS) is 11.4. The third-order valence-electron chi connectivity index (χ3n) is 2.96. The predicted molar refractivity (Wildman–Crippen MR) is 81.3 cm³/mol. The van der Waals surface area contributed by atoms with E-state index in [9.17, 15) is 12.8 Å². The van der Waals surface area contributed by atoms with Crippen LogP contribution in [0, 0.1) is 12.7 Å². The number of sulfonamides is 1. The van der Waals surface area contributed by atoms with Crippen LogP contribution in [0.5, 0.6) is 0 Å². The molecule has 0 aliphatic carbocycles. The lowest BCUT2D eigenvalue weighted by Gasteiger charge is -2.12. The molecule has 0 saturated carbocycles. The molecule has 0 aromatic heterocycles. The topological polar surface area (TPSA) is 72.2 Å². The molecule has 2 aromatic rings. The molecular formula is C14H14ClFN2O2S. The maximum absolute atomic E-state index is 13.8. The summed E-state index contributed by atoms with van der Waals surface area (Å²) in [7, 11) is -3.92. The fraction of sp³-hybridized carbons (Fsp3) is 0.143. The van der Waals surface area contributed by atoms with Gasteiger partial charge >= 0.3 is 0 Å². The van der Waals surface area contributed by atoms with E-state index in [1.54, 1.807) is 18.2 Å². The molecule has 21 heavy (non-hydrogen) atoms. The number of rotatable bonds is 4. The number of benzene rings is 2. The van der Waals surface area contributed by atoms with Crippen LogP contribution in [0.15, 0.2) is 41.3 Å². The monoisotopic (exact) mass is 328 g/mol. The molecule has 0 bridgehead atoms. The minimum absolute atomic E-state index is 0.0433. The minimum Gasteiger partial charge on any atom is -0.326 e. The summed E-state index contributed by atoms with van der Waals surface area (Å²) < 4.78 is 41.0. The van der Waals surface area contributed by atoms with Crippen molar-refractivity contribution >= 4 is 27.3 Å². The molecule has 2 rings (SSSR count).